The monoisotopic (exact) mass is 258 g/mol. The number of nitrogens with zero attached hydrogens (tertiary/aromatic N) is 2. The molecule has 0 amide bonds. The van der Waals surface area contributed by atoms with Gasteiger partial charge in [0.05, 0.1) is 11.8 Å². The van der Waals surface area contributed by atoms with E-state index in [1.807, 2.05) is 37.3 Å². The summed E-state index contributed by atoms with van der Waals surface area (Å²) in [6.45, 7) is 2.76. The molecule has 19 heavy (non-hydrogen) atoms. The molecule has 1 heterocycles. The molecule has 3 rings (SSSR count). The van der Waals surface area contributed by atoms with Gasteiger partial charge in [0, 0.05) is 12.7 Å². The average molecular weight is 258 g/mol. The standard InChI is InChI=1S/C15H18N2O2/c1-2-17-14(8-9-16-17)15(18)11-4-3-5-13(10-11)19-12-6-7-12/h3-5,8-10,12,15,18H,2,6-7H2,1H3. The maximum absolute atomic E-state index is 10.5. The van der Waals surface area contributed by atoms with Crippen LogP contribution < -0.4 is 4.74 Å². The smallest absolute Gasteiger partial charge is 0.121 e. The zero-order valence-corrected chi connectivity index (χ0v) is 11.0. The molecule has 1 unspecified atom stereocenters. The highest BCUT2D eigenvalue weighted by Crippen LogP contribution is 2.29. The van der Waals surface area contributed by atoms with Crippen molar-refractivity contribution in [2.45, 2.75) is 38.5 Å². The molecular formula is C15H18N2O2. The number of hydrogen-bond acceptors (Lipinski definition) is 3. The Hall–Kier alpha value is -1.81. The highest BCUT2D eigenvalue weighted by Gasteiger charge is 2.24. The minimum absolute atomic E-state index is 0.369. The Bertz CT molecular complexity index is 561. The van der Waals surface area contributed by atoms with Crippen molar-refractivity contribution < 1.29 is 9.84 Å². The van der Waals surface area contributed by atoms with Gasteiger partial charge in [-0.3, -0.25) is 4.68 Å². The minimum atomic E-state index is -0.662. The Morgan fingerprint density at radius 1 is 1.42 bits per heavy atom. The van der Waals surface area contributed by atoms with Gasteiger partial charge in [0.2, 0.25) is 0 Å². The van der Waals surface area contributed by atoms with Crippen molar-refractivity contribution in [3.63, 3.8) is 0 Å². The van der Waals surface area contributed by atoms with E-state index >= 15 is 0 Å². The summed E-state index contributed by atoms with van der Waals surface area (Å²) in [5.74, 6) is 0.835. The first-order valence-corrected chi connectivity index (χ1v) is 6.74. The van der Waals surface area contributed by atoms with E-state index in [0.29, 0.717) is 6.10 Å². The quantitative estimate of drug-likeness (QED) is 0.896. The van der Waals surface area contributed by atoms with Gasteiger partial charge in [-0.1, -0.05) is 12.1 Å². The number of aromatic nitrogens is 2. The van der Waals surface area contributed by atoms with Gasteiger partial charge < -0.3 is 9.84 Å². The first kappa shape index (κ1) is 12.2. The van der Waals surface area contributed by atoms with Crippen LogP contribution in [0, 0.1) is 0 Å². The molecule has 0 spiro atoms. The van der Waals surface area contributed by atoms with Gasteiger partial charge in [-0.2, -0.15) is 5.10 Å². The molecule has 1 aromatic carbocycles. The lowest BCUT2D eigenvalue weighted by Crippen LogP contribution is -2.09. The van der Waals surface area contributed by atoms with Gasteiger partial charge in [-0.05, 0) is 43.5 Å². The molecule has 0 aliphatic heterocycles. The summed E-state index contributed by atoms with van der Waals surface area (Å²) in [5.41, 5.74) is 1.65. The maximum Gasteiger partial charge on any atom is 0.121 e. The average Bonchev–Trinajstić information content (AvgIpc) is 3.11. The second-order valence-electron chi connectivity index (χ2n) is 4.86. The lowest BCUT2D eigenvalue weighted by Gasteiger charge is -2.14. The Balaban J connectivity index is 1.84. The van der Waals surface area contributed by atoms with Crippen LogP contribution in [0.15, 0.2) is 36.5 Å². The molecule has 1 N–H and O–H groups in total. The van der Waals surface area contributed by atoms with E-state index in [4.69, 9.17) is 4.74 Å². The SMILES string of the molecule is CCn1nccc1C(O)c1cccc(OC2CC2)c1. The fourth-order valence-electron chi connectivity index (χ4n) is 2.15. The fourth-order valence-corrected chi connectivity index (χ4v) is 2.15. The van der Waals surface area contributed by atoms with Crippen LogP contribution >= 0.6 is 0 Å². The molecule has 2 aromatic rings. The summed E-state index contributed by atoms with van der Waals surface area (Å²) in [5, 5.41) is 14.6. The van der Waals surface area contributed by atoms with Crippen LogP contribution in [0.1, 0.15) is 37.1 Å². The maximum atomic E-state index is 10.5. The molecule has 0 bridgehead atoms. The number of aliphatic hydroxyl groups excluding tert-OH is 1. The largest absolute Gasteiger partial charge is 0.490 e. The van der Waals surface area contributed by atoms with Crippen LogP contribution in [0.2, 0.25) is 0 Å². The summed E-state index contributed by atoms with van der Waals surface area (Å²) in [6.07, 6.45) is 3.69. The molecule has 1 saturated carbocycles. The first-order valence-electron chi connectivity index (χ1n) is 6.74. The Morgan fingerprint density at radius 2 is 2.26 bits per heavy atom. The second-order valence-corrected chi connectivity index (χ2v) is 4.86. The van der Waals surface area contributed by atoms with Gasteiger partial charge >= 0.3 is 0 Å². The van der Waals surface area contributed by atoms with E-state index in [0.717, 1.165) is 36.4 Å². The van der Waals surface area contributed by atoms with Gasteiger partial charge in [0.15, 0.2) is 0 Å². The minimum Gasteiger partial charge on any atom is -0.490 e. The second kappa shape index (κ2) is 5.05. The van der Waals surface area contributed by atoms with Gasteiger partial charge in [-0.15, -0.1) is 0 Å². The third-order valence-corrected chi connectivity index (χ3v) is 3.33. The molecule has 100 valence electrons. The Labute approximate surface area is 112 Å². The van der Waals surface area contributed by atoms with E-state index in [2.05, 4.69) is 5.10 Å². The van der Waals surface area contributed by atoms with Gasteiger partial charge in [0.1, 0.15) is 11.9 Å². The van der Waals surface area contributed by atoms with Crippen LogP contribution in [0.4, 0.5) is 0 Å². The lowest BCUT2D eigenvalue weighted by atomic mass is 10.1. The molecule has 0 radical (unpaired) electrons. The van der Waals surface area contributed by atoms with E-state index in [1.54, 1.807) is 10.9 Å². The summed E-state index contributed by atoms with van der Waals surface area (Å²) in [6, 6.07) is 9.53. The van der Waals surface area contributed by atoms with E-state index < -0.39 is 6.10 Å². The third kappa shape index (κ3) is 2.63. The van der Waals surface area contributed by atoms with Crippen molar-refractivity contribution in [1.29, 1.82) is 0 Å². The van der Waals surface area contributed by atoms with Crippen LogP contribution in [0.25, 0.3) is 0 Å². The number of ether oxygens (including phenoxy) is 1. The summed E-state index contributed by atoms with van der Waals surface area (Å²) in [7, 11) is 0. The summed E-state index contributed by atoms with van der Waals surface area (Å²) >= 11 is 0. The molecule has 1 atom stereocenters. The molecule has 1 aliphatic carbocycles. The molecule has 1 fully saturated rings. The summed E-state index contributed by atoms with van der Waals surface area (Å²) in [4.78, 5) is 0. The van der Waals surface area contributed by atoms with Crippen LogP contribution in [0.5, 0.6) is 5.75 Å². The lowest BCUT2D eigenvalue weighted by molar-refractivity contribution is 0.207. The normalized spacial score (nSPS) is 16.3. The number of benzene rings is 1. The van der Waals surface area contributed by atoms with Crippen molar-refractivity contribution in [1.82, 2.24) is 9.78 Å². The fraction of sp³-hybridized carbons (Fsp3) is 0.400. The van der Waals surface area contributed by atoms with Crippen molar-refractivity contribution in [3.05, 3.63) is 47.8 Å². The highest BCUT2D eigenvalue weighted by molar-refractivity contribution is 5.33. The number of hydrogen-bond donors (Lipinski definition) is 1. The molecule has 4 heteroatoms. The number of aryl methyl sites for hydroxylation is 1. The van der Waals surface area contributed by atoms with Crippen molar-refractivity contribution in [3.8, 4) is 5.75 Å². The zero-order valence-electron chi connectivity index (χ0n) is 11.0. The topological polar surface area (TPSA) is 47.3 Å². The van der Waals surface area contributed by atoms with Crippen molar-refractivity contribution in [2.24, 2.45) is 0 Å². The molecule has 1 aromatic heterocycles. The number of aliphatic hydroxyl groups is 1. The van der Waals surface area contributed by atoms with E-state index in [9.17, 15) is 5.11 Å². The highest BCUT2D eigenvalue weighted by atomic mass is 16.5. The van der Waals surface area contributed by atoms with E-state index in [-0.39, 0.29) is 0 Å². The molecule has 0 saturated heterocycles. The van der Waals surface area contributed by atoms with Crippen molar-refractivity contribution >= 4 is 0 Å². The van der Waals surface area contributed by atoms with Crippen LogP contribution in [-0.4, -0.2) is 21.0 Å². The Kier molecular flexibility index (Phi) is 3.25. The van der Waals surface area contributed by atoms with E-state index in [1.165, 1.54) is 0 Å². The Morgan fingerprint density at radius 3 is 3.00 bits per heavy atom. The number of rotatable bonds is 5. The third-order valence-electron chi connectivity index (χ3n) is 3.33. The predicted molar refractivity (Wildman–Crippen MR) is 72.1 cm³/mol. The molecule has 1 aliphatic rings. The summed E-state index contributed by atoms with van der Waals surface area (Å²) < 4.78 is 7.56. The first-order chi connectivity index (χ1) is 9.28. The molecule has 4 nitrogen and oxygen atoms in total. The van der Waals surface area contributed by atoms with Crippen molar-refractivity contribution in [2.75, 3.05) is 0 Å². The van der Waals surface area contributed by atoms with Crippen LogP contribution in [-0.2, 0) is 6.54 Å². The van der Waals surface area contributed by atoms with Gasteiger partial charge in [0.25, 0.3) is 0 Å². The predicted octanol–water partition coefficient (Wildman–Crippen LogP) is 2.53. The van der Waals surface area contributed by atoms with Crippen LogP contribution in [0.3, 0.4) is 0 Å². The molecular weight excluding hydrogens is 240 g/mol. The van der Waals surface area contributed by atoms with Gasteiger partial charge in [-0.25, -0.2) is 0 Å². The zero-order chi connectivity index (χ0) is 13.2.